The molecule has 1 aliphatic heterocycles. The van der Waals surface area contributed by atoms with Gasteiger partial charge in [-0.05, 0) is 31.8 Å². The van der Waals surface area contributed by atoms with Gasteiger partial charge < -0.3 is 10.6 Å². The van der Waals surface area contributed by atoms with Crippen molar-refractivity contribution in [1.82, 2.24) is 10.6 Å². The highest BCUT2D eigenvalue weighted by molar-refractivity contribution is 4.73. The molecule has 2 heteroatoms. The third-order valence-corrected chi connectivity index (χ3v) is 3.24. The van der Waals surface area contributed by atoms with Gasteiger partial charge in [-0.1, -0.05) is 33.1 Å². The lowest BCUT2D eigenvalue weighted by molar-refractivity contribution is 0.433. The van der Waals surface area contributed by atoms with E-state index in [-0.39, 0.29) is 0 Å². The summed E-state index contributed by atoms with van der Waals surface area (Å²) in [7, 11) is 0. The summed E-state index contributed by atoms with van der Waals surface area (Å²) >= 11 is 0. The van der Waals surface area contributed by atoms with E-state index in [1.54, 1.807) is 0 Å². The molecule has 1 saturated heterocycles. The van der Waals surface area contributed by atoms with Crippen molar-refractivity contribution in [3.8, 4) is 0 Å². The second-order valence-electron chi connectivity index (χ2n) is 4.67. The predicted octanol–water partition coefficient (Wildman–Crippen LogP) is 2.15. The molecule has 2 nitrogen and oxygen atoms in total. The molecule has 1 fully saturated rings. The Morgan fingerprint density at radius 3 is 3.00 bits per heavy atom. The Bertz CT molecular complexity index is 128. The monoisotopic (exact) mass is 198 g/mol. The topological polar surface area (TPSA) is 24.1 Å². The van der Waals surface area contributed by atoms with E-state index in [4.69, 9.17) is 0 Å². The molecule has 0 bridgehead atoms. The summed E-state index contributed by atoms with van der Waals surface area (Å²) in [6.45, 7) is 8.12. The van der Waals surface area contributed by atoms with Crippen LogP contribution in [-0.4, -0.2) is 25.7 Å². The minimum atomic E-state index is 0.724. The highest BCUT2D eigenvalue weighted by Crippen LogP contribution is 2.07. The molecule has 0 aromatic heterocycles. The van der Waals surface area contributed by atoms with Gasteiger partial charge >= 0.3 is 0 Å². The molecule has 2 N–H and O–H groups in total. The van der Waals surface area contributed by atoms with E-state index in [1.165, 1.54) is 45.2 Å². The Morgan fingerprint density at radius 2 is 2.21 bits per heavy atom. The fourth-order valence-corrected chi connectivity index (χ4v) is 1.92. The zero-order chi connectivity index (χ0) is 10.2. The second kappa shape index (κ2) is 7.24. The first kappa shape index (κ1) is 12.0. The molecule has 1 heterocycles. The van der Waals surface area contributed by atoms with E-state index < -0.39 is 0 Å². The quantitative estimate of drug-likeness (QED) is 0.707. The van der Waals surface area contributed by atoms with E-state index in [0.29, 0.717) is 0 Å². The van der Waals surface area contributed by atoms with Crippen molar-refractivity contribution in [3.63, 3.8) is 0 Å². The molecule has 2 atom stereocenters. The molecule has 0 radical (unpaired) electrons. The van der Waals surface area contributed by atoms with Crippen molar-refractivity contribution in [2.24, 2.45) is 5.92 Å². The Balaban J connectivity index is 2.04. The minimum absolute atomic E-state index is 0.724. The molecule has 2 unspecified atom stereocenters. The molecule has 0 aliphatic carbocycles. The van der Waals surface area contributed by atoms with Crippen molar-refractivity contribution in [1.29, 1.82) is 0 Å². The maximum absolute atomic E-state index is 3.61. The second-order valence-corrected chi connectivity index (χ2v) is 4.67. The van der Waals surface area contributed by atoms with Crippen molar-refractivity contribution in [2.45, 2.75) is 52.0 Å². The number of hydrogen-bond donors (Lipinski definition) is 2. The Hall–Kier alpha value is -0.0800. The van der Waals surface area contributed by atoms with Crippen LogP contribution in [0, 0.1) is 5.92 Å². The van der Waals surface area contributed by atoms with Crippen LogP contribution in [0.5, 0.6) is 0 Å². The fourth-order valence-electron chi connectivity index (χ4n) is 1.92. The molecule has 0 aromatic carbocycles. The molecule has 1 rings (SSSR count). The largest absolute Gasteiger partial charge is 0.315 e. The molecule has 0 aromatic rings. The van der Waals surface area contributed by atoms with Crippen LogP contribution in [0.4, 0.5) is 0 Å². The zero-order valence-electron chi connectivity index (χ0n) is 9.81. The Kier molecular flexibility index (Phi) is 6.20. The van der Waals surface area contributed by atoms with Crippen molar-refractivity contribution in [2.75, 3.05) is 19.6 Å². The van der Waals surface area contributed by atoms with Gasteiger partial charge in [0.25, 0.3) is 0 Å². The molecule has 1 aliphatic rings. The number of hydrogen-bond acceptors (Lipinski definition) is 2. The standard InChI is InChI=1S/C12H26N2/c1-3-11(2)9-13-10-12-7-5-4-6-8-14-12/h11-14H,3-10H2,1-2H3. The molecule has 0 amide bonds. The normalized spacial score (nSPS) is 25.7. The molecule has 14 heavy (non-hydrogen) atoms. The zero-order valence-corrected chi connectivity index (χ0v) is 9.81. The average Bonchev–Trinajstić information content (AvgIpc) is 2.46. The van der Waals surface area contributed by atoms with Gasteiger partial charge in [0.05, 0.1) is 0 Å². The first-order valence-corrected chi connectivity index (χ1v) is 6.27. The van der Waals surface area contributed by atoms with Crippen molar-refractivity contribution in [3.05, 3.63) is 0 Å². The summed E-state index contributed by atoms with van der Waals surface area (Å²) in [5.41, 5.74) is 0. The lowest BCUT2D eigenvalue weighted by Gasteiger charge is -2.18. The van der Waals surface area contributed by atoms with E-state index in [1.807, 2.05) is 0 Å². The van der Waals surface area contributed by atoms with Crippen molar-refractivity contribution >= 4 is 0 Å². The highest BCUT2D eigenvalue weighted by atomic mass is 15.0. The van der Waals surface area contributed by atoms with Crippen LogP contribution >= 0.6 is 0 Å². The SMILES string of the molecule is CCC(C)CNCC1CCCCCN1. The van der Waals surface area contributed by atoms with Crippen LogP contribution < -0.4 is 10.6 Å². The van der Waals surface area contributed by atoms with E-state index >= 15 is 0 Å². The summed E-state index contributed by atoms with van der Waals surface area (Å²) in [5.74, 6) is 0.820. The fraction of sp³-hybridized carbons (Fsp3) is 1.00. The molecular formula is C12H26N2. The van der Waals surface area contributed by atoms with Crippen molar-refractivity contribution < 1.29 is 0 Å². The highest BCUT2D eigenvalue weighted by Gasteiger charge is 2.10. The number of rotatable bonds is 5. The van der Waals surface area contributed by atoms with Gasteiger partial charge in [-0.2, -0.15) is 0 Å². The molecule has 0 saturated carbocycles. The lowest BCUT2D eigenvalue weighted by Crippen LogP contribution is -2.39. The summed E-state index contributed by atoms with van der Waals surface area (Å²) in [5, 5.41) is 7.18. The average molecular weight is 198 g/mol. The lowest BCUT2D eigenvalue weighted by atomic mass is 10.1. The van der Waals surface area contributed by atoms with Crippen LogP contribution in [0.15, 0.2) is 0 Å². The third-order valence-electron chi connectivity index (χ3n) is 3.24. The van der Waals surface area contributed by atoms with Gasteiger partial charge in [-0.25, -0.2) is 0 Å². The summed E-state index contributed by atoms with van der Waals surface area (Å²) in [6.07, 6.45) is 6.82. The minimum Gasteiger partial charge on any atom is -0.315 e. The predicted molar refractivity (Wildman–Crippen MR) is 62.6 cm³/mol. The molecule has 0 spiro atoms. The van der Waals surface area contributed by atoms with Crippen LogP contribution in [0.2, 0.25) is 0 Å². The van der Waals surface area contributed by atoms with Gasteiger partial charge in [0.15, 0.2) is 0 Å². The van der Waals surface area contributed by atoms with Crippen LogP contribution in [0.1, 0.15) is 46.0 Å². The Labute approximate surface area is 88.8 Å². The van der Waals surface area contributed by atoms with E-state index in [2.05, 4.69) is 24.5 Å². The van der Waals surface area contributed by atoms with E-state index in [0.717, 1.165) is 18.5 Å². The molecule has 84 valence electrons. The molecular weight excluding hydrogens is 172 g/mol. The maximum Gasteiger partial charge on any atom is 0.0192 e. The summed E-state index contributed by atoms with van der Waals surface area (Å²) in [6, 6.07) is 0.724. The third kappa shape index (κ3) is 4.97. The Morgan fingerprint density at radius 1 is 1.36 bits per heavy atom. The smallest absolute Gasteiger partial charge is 0.0192 e. The van der Waals surface area contributed by atoms with Gasteiger partial charge in [-0.15, -0.1) is 0 Å². The first-order chi connectivity index (χ1) is 6.83. The van der Waals surface area contributed by atoms with Gasteiger partial charge in [0.1, 0.15) is 0 Å². The first-order valence-electron chi connectivity index (χ1n) is 6.27. The van der Waals surface area contributed by atoms with Crippen LogP contribution in [0.3, 0.4) is 0 Å². The van der Waals surface area contributed by atoms with Crippen LogP contribution in [-0.2, 0) is 0 Å². The summed E-state index contributed by atoms with van der Waals surface area (Å²) in [4.78, 5) is 0. The van der Waals surface area contributed by atoms with Gasteiger partial charge in [0, 0.05) is 12.6 Å². The maximum atomic E-state index is 3.61. The summed E-state index contributed by atoms with van der Waals surface area (Å²) < 4.78 is 0. The van der Waals surface area contributed by atoms with E-state index in [9.17, 15) is 0 Å². The van der Waals surface area contributed by atoms with Crippen LogP contribution in [0.25, 0.3) is 0 Å². The van der Waals surface area contributed by atoms with Gasteiger partial charge in [0.2, 0.25) is 0 Å². The van der Waals surface area contributed by atoms with Gasteiger partial charge in [-0.3, -0.25) is 0 Å². The number of nitrogens with one attached hydrogen (secondary N) is 2.